The molecule has 25 heavy (non-hydrogen) atoms. The SMILES string of the molecule is CCOC(=O)[C@@H]1CCC[NH+](Cn2[nH]c(-c3ccc(C)cc3)nc2=S)C1. The number of carbonyl (C=O) groups is 1. The molecule has 2 N–H and O–H groups in total. The molecule has 2 heterocycles. The molecule has 1 aromatic heterocycles. The lowest BCUT2D eigenvalue weighted by Crippen LogP contribution is -3.13. The van der Waals surface area contributed by atoms with Crippen LogP contribution in [-0.2, 0) is 16.2 Å². The second kappa shape index (κ2) is 7.93. The van der Waals surface area contributed by atoms with E-state index < -0.39 is 0 Å². The number of rotatable bonds is 5. The number of quaternary nitrogens is 1. The van der Waals surface area contributed by atoms with Crippen LogP contribution >= 0.6 is 12.2 Å². The number of likely N-dealkylation sites (tertiary alicyclic amines) is 1. The summed E-state index contributed by atoms with van der Waals surface area (Å²) in [7, 11) is 0. The van der Waals surface area contributed by atoms with Crippen LogP contribution in [0.25, 0.3) is 11.4 Å². The minimum absolute atomic E-state index is 0.0163. The van der Waals surface area contributed by atoms with Gasteiger partial charge in [-0.05, 0) is 38.9 Å². The first-order chi connectivity index (χ1) is 12.1. The van der Waals surface area contributed by atoms with Crippen molar-refractivity contribution in [2.75, 3.05) is 19.7 Å². The number of aromatic nitrogens is 3. The molecular formula is C18H25N4O2S+. The smallest absolute Gasteiger partial charge is 0.314 e. The van der Waals surface area contributed by atoms with E-state index in [9.17, 15) is 4.79 Å². The van der Waals surface area contributed by atoms with Crippen LogP contribution in [0.5, 0.6) is 0 Å². The Kier molecular flexibility index (Phi) is 5.65. The molecule has 0 bridgehead atoms. The first-order valence-electron chi connectivity index (χ1n) is 8.81. The number of H-pyrrole nitrogens is 1. The highest BCUT2D eigenvalue weighted by molar-refractivity contribution is 7.71. The van der Waals surface area contributed by atoms with Gasteiger partial charge in [0.05, 0.1) is 19.7 Å². The summed E-state index contributed by atoms with van der Waals surface area (Å²) < 4.78 is 7.61. The molecule has 2 aromatic rings. The van der Waals surface area contributed by atoms with E-state index in [-0.39, 0.29) is 11.9 Å². The van der Waals surface area contributed by atoms with Gasteiger partial charge in [0, 0.05) is 5.56 Å². The standard InChI is InChI=1S/C18H24N4O2S/c1-3-24-17(23)15-5-4-10-21(11-15)12-22-18(25)19-16(20-22)14-8-6-13(2)7-9-14/h6-9,15H,3-5,10-12H2,1-2H3,(H,19,20,25)/p+1/t15-/m1/s1. The zero-order chi connectivity index (χ0) is 17.8. The van der Waals surface area contributed by atoms with Crippen molar-refractivity contribution in [3.63, 3.8) is 0 Å². The average molecular weight is 361 g/mol. The summed E-state index contributed by atoms with van der Waals surface area (Å²) in [5.41, 5.74) is 2.23. The molecule has 0 radical (unpaired) electrons. The minimum Gasteiger partial charge on any atom is -0.466 e. The number of hydrogen-bond donors (Lipinski definition) is 2. The van der Waals surface area contributed by atoms with E-state index in [1.54, 1.807) is 0 Å². The summed E-state index contributed by atoms with van der Waals surface area (Å²) in [5.74, 6) is 0.689. The molecule has 0 aliphatic carbocycles. The van der Waals surface area contributed by atoms with Gasteiger partial charge in [-0.1, -0.05) is 29.8 Å². The van der Waals surface area contributed by atoms with Gasteiger partial charge < -0.3 is 9.64 Å². The Hall–Kier alpha value is -1.99. The van der Waals surface area contributed by atoms with Gasteiger partial charge in [0.25, 0.3) is 0 Å². The van der Waals surface area contributed by atoms with Crippen molar-refractivity contribution in [1.29, 1.82) is 0 Å². The zero-order valence-electron chi connectivity index (χ0n) is 14.7. The zero-order valence-corrected chi connectivity index (χ0v) is 15.6. The third-order valence-electron chi connectivity index (χ3n) is 4.62. The van der Waals surface area contributed by atoms with Gasteiger partial charge in [0.15, 0.2) is 12.5 Å². The highest BCUT2D eigenvalue weighted by Crippen LogP contribution is 2.15. The van der Waals surface area contributed by atoms with E-state index in [1.807, 2.05) is 23.7 Å². The average Bonchev–Trinajstić information content (AvgIpc) is 2.97. The largest absolute Gasteiger partial charge is 0.466 e. The molecule has 1 aliphatic heterocycles. The van der Waals surface area contributed by atoms with Crippen LogP contribution in [-0.4, -0.2) is 40.4 Å². The fourth-order valence-electron chi connectivity index (χ4n) is 3.28. The summed E-state index contributed by atoms with van der Waals surface area (Å²) in [5, 5.41) is 3.30. The van der Waals surface area contributed by atoms with Gasteiger partial charge in [0.2, 0.25) is 4.77 Å². The first kappa shape index (κ1) is 17.8. The monoisotopic (exact) mass is 361 g/mol. The summed E-state index contributed by atoms with van der Waals surface area (Å²) in [6, 6.07) is 8.20. The van der Waals surface area contributed by atoms with E-state index in [0.717, 1.165) is 37.3 Å². The van der Waals surface area contributed by atoms with E-state index in [2.05, 4.69) is 29.1 Å². The van der Waals surface area contributed by atoms with Gasteiger partial charge in [0.1, 0.15) is 5.92 Å². The van der Waals surface area contributed by atoms with Gasteiger partial charge in [-0.25, -0.2) is 4.68 Å². The van der Waals surface area contributed by atoms with Crippen LogP contribution in [0.2, 0.25) is 0 Å². The molecule has 6 nitrogen and oxygen atoms in total. The van der Waals surface area contributed by atoms with Crippen molar-refractivity contribution in [1.82, 2.24) is 14.8 Å². The van der Waals surface area contributed by atoms with Crippen molar-refractivity contribution in [2.24, 2.45) is 5.92 Å². The van der Waals surface area contributed by atoms with Crippen LogP contribution in [0.15, 0.2) is 24.3 Å². The number of aryl methyl sites for hydroxylation is 1. The number of nitrogens with one attached hydrogen (secondary N) is 2. The lowest BCUT2D eigenvalue weighted by molar-refractivity contribution is -0.930. The highest BCUT2D eigenvalue weighted by Gasteiger charge is 2.30. The Morgan fingerprint density at radius 2 is 2.20 bits per heavy atom. The number of aromatic amines is 1. The Morgan fingerprint density at radius 3 is 2.92 bits per heavy atom. The van der Waals surface area contributed by atoms with Gasteiger partial charge in [-0.3, -0.25) is 9.89 Å². The normalized spacial score (nSPS) is 20.4. The number of ether oxygens (including phenoxy) is 1. The van der Waals surface area contributed by atoms with E-state index >= 15 is 0 Å². The second-order valence-electron chi connectivity index (χ2n) is 6.60. The Labute approximate surface area is 152 Å². The van der Waals surface area contributed by atoms with Gasteiger partial charge in [-0.15, -0.1) is 0 Å². The van der Waals surface area contributed by atoms with Crippen molar-refractivity contribution < 1.29 is 14.4 Å². The minimum atomic E-state index is -0.0757. The van der Waals surface area contributed by atoms with E-state index in [0.29, 0.717) is 18.0 Å². The van der Waals surface area contributed by atoms with Crippen molar-refractivity contribution >= 4 is 18.2 Å². The molecule has 2 atom stereocenters. The number of nitrogens with zero attached hydrogens (tertiary/aromatic N) is 2. The van der Waals surface area contributed by atoms with Crippen LogP contribution in [0.1, 0.15) is 25.3 Å². The van der Waals surface area contributed by atoms with Crippen LogP contribution in [0, 0.1) is 17.6 Å². The van der Waals surface area contributed by atoms with E-state index in [4.69, 9.17) is 17.0 Å². The highest BCUT2D eigenvalue weighted by atomic mass is 32.1. The second-order valence-corrected chi connectivity index (χ2v) is 6.97. The summed E-state index contributed by atoms with van der Waals surface area (Å²) >= 11 is 5.41. The topological polar surface area (TPSA) is 64.3 Å². The molecule has 0 saturated carbocycles. The third kappa shape index (κ3) is 4.35. The van der Waals surface area contributed by atoms with Crippen molar-refractivity contribution in [3.8, 4) is 11.4 Å². The molecule has 0 amide bonds. The van der Waals surface area contributed by atoms with Crippen LogP contribution in [0.4, 0.5) is 0 Å². The van der Waals surface area contributed by atoms with Gasteiger partial charge in [-0.2, -0.15) is 4.98 Å². The summed E-state index contributed by atoms with van der Waals surface area (Å²) in [6.45, 7) is 6.84. The molecule has 1 unspecified atom stereocenters. The Morgan fingerprint density at radius 1 is 1.44 bits per heavy atom. The predicted octanol–water partition coefficient (Wildman–Crippen LogP) is 1.73. The molecule has 0 spiro atoms. The first-order valence-corrected chi connectivity index (χ1v) is 9.21. The number of esters is 1. The predicted molar refractivity (Wildman–Crippen MR) is 97.6 cm³/mol. The summed E-state index contributed by atoms with van der Waals surface area (Å²) in [6.07, 6.45) is 1.93. The lowest BCUT2D eigenvalue weighted by Gasteiger charge is -2.28. The van der Waals surface area contributed by atoms with Crippen molar-refractivity contribution in [3.05, 3.63) is 34.6 Å². The van der Waals surface area contributed by atoms with Gasteiger partial charge >= 0.3 is 5.97 Å². The molecular weight excluding hydrogens is 336 g/mol. The quantitative estimate of drug-likeness (QED) is 0.629. The molecule has 1 saturated heterocycles. The Balaban J connectivity index is 1.69. The number of piperidine rings is 1. The van der Waals surface area contributed by atoms with E-state index in [1.165, 1.54) is 10.5 Å². The molecule has 134 valence electrons. The summed E-state index contributed by atoms with van der Waals surface area (Å²) in [4.78, 5) is 17.8. The maximum absolute atomic E-state index is 12.0. The number of hydrogen-bond acceptors (Lipinski definition) is 4. The molecule has 3 rings (SSSR count). The Bertz CT molecular complexity index is 781. The molecule has 1 aliphatic rings. The number of carbonyl (C=O) groups excluding carboxylic acids is 1. The third-order valence-corrected chi connectivity index (χ3v) is 4.94. The fourth-order valence-corrected chi connectivity index (χ4v) is 3.49. The molecule has 7 heteroatoms. The number of benzene rings is 1. The van der Waals surface area contributed by atoms with Crippen LogP contribution in [0.3, 0.4) is 0 Å². The maximum Gasteiger partial charge on any atom is 0.314 e. The molecule has 1 fully saturated rings. The maximum atomic E-state index is 12.0. The molecule has 1 aromatic carbocycles. The van der Waals surface area contributed by atoms with Crippen molar-refractivity contribution in [2.45, 2.75) is 33.4 Å². The lowest BCUT2D eigenvalue weighted by atomic mass is 9.99. The fraction of sp³-hybridized carbons (Fsp3) is 0.500. The van der Waals surface area contributed by atoms with Crippen LogP contribution < -0.4 is 4.90 Å².